The molecule has 148 valence electrons. The van der Waals surface area contributed by atoms with Gasteiger partial charge in [-0.1, -0.05) is 41.4 Å². The molecule has 0 unspecified atom stereocenters. The number of urea groups is 1. The van der Waals surface area contributed by atoms with Crippen molar-refractivity contribution in [3.63, 3.8) is 0 Å². The number of nitroso groups, excluding NO2 is 1. The van der Waals surface area contributed by atoms with Crippen LogP contribution in [0.25, 0.3) is 0 Å². The summed E-state index contributed by atoms with van der Waals surface area (Å²) in [5.41, 5.74) is 0.753. The molecule has 0 aromatic heterocycles. The Morgan fingerprint density at radius 3 is 2.28 bits per heavy atom. The van der Waals surface area contributed by atoms with E-state index in [0.29, 0.717) is 5.01 Å². The minimum atomic E-state index is -0.812. The van der Waals surface area contributed by atoms with Gasteiger partial charge < -0.3 is 5.11 Å². The monoisotopic (exact) mass is 433 g/mol. The van der Waals surface area contributed by atoms with Crippen LogP contribution in [-0.2, 0) is 6.54 Å². The molecule has 0 saturated heterocycles. The number of phenols is 1. The number of nitrogens with zero attached hydrogens (tertiary/aromatic N) is 3. The molecule has 0 heterocycles. The number of aromatic hydroxyl groups is 1. The van der Waals surface area contributed by atoms with Crippen LogP contribution in [0, 0.1) is 10.7 Å². The van der Waals surface area contributed by atoms with Crippen molar-refractivity contribution >= 4 is 40.6 Å². The summed E-state index contributed by atoms with van der Waals surface area (Å²) in [5, 5.41) is 14.0. The third-order valence-electron chi connectivity index (χ3n) is 4.07. The Hall–Kier alpha value is -3.16. The molecule has 2 amide bonds. The molecule has 29 heavy (non-hydrogen) atoms. The lowest BCUT2D eigenvalue weighted by molar-refractivity contribution is 0.251. The number of hydrogen-bond acceptors (Lipinski definition) is 4. The molecule has 3 rings (SSSR count). The van der Waals surface area contributed by atoms with Crippen LogP contribution in [-0.4, -0.2) is 11.1 Å². The number of benzene rings is 3. The summed E-state index contributed by atoms with van der Waals surface area (Å²) in [6.45, 7) is -0.199. The molecule has 0 radical (unpaired) electrons. The quantitative estimate of drug-likeness (QED) is 0.387. The minimum Gasteiger partial charge on any atom is -0.506 e. The number of para-hydroxylation sites is 1. The van der Waals surface area contributed by atoms with Crippen molar-refractivity contribution in [3.05, 3.63) is 93.1 Å². The number of phenolic OH excluding ortho intramolecular Hbond substituents is 1. The van der Waals surface area contributed by atoms with Crippen LogP contribution in [0.5, 0.6) is 5.75 Å². The zero-order chi connectivity index (χ0) is 21.0. The number of carbonyl (C=O) groups is 1. The molecule has 3 aromatic rings. The predicted octanol–water partition coefficient (Wildman–Crippen LogP) is 6.15. The van der Waals surface area contributed by atoms with E-state index >= 15 is 0 Å². The van der Waals surface area contributed by atoms with Gasteiger partial charge in [0.1, 0.15) is 11.6 Å². The second-order valence-electron chi connectivity index (χ2n) is 5.97. The summed E-state index contributed by atoms with van der Waals surface area (Å²) in [4.78, 5) is 25.8. The number of anilines is 2. The maximum atomic E-state index is 13.4. The molecule has 0 fully saturated rings. The number of rotatable bonds is 5. The first-order chi connectivity index (χ1) is 13.9. The number of amides is 2. The van der Waals surface area contributed by atoms with Crippen molar-refractivity contribution in [1.82, 2.24) is 0 Å². The molecule has 0 saturated carbocycles. The highest BCUT2D eigenvalue weighted by molar-refractivity contribution is 6.35. The van der Waals surface area contributed by atoms with Crippen molar-refractivity contribution < 1.29 is 14.3 Å². The lowest BCUT2D eigenvalue weighted by Gasteiger charge is -2.27. The first-order valence-electron chi connectivity index (χ1n) is 8.33. The van der Waals surface area contributed by atoms with E-state index in [2.05, 4.69) is 5.29 Å². The average molecular weight is 434 g/mol. The molecule has 3 aromatic carbocycles. The van der Waals surface area contributed by atoms with Gasteiger partial charge in [0, 0.05) is 16.3 Å². The van der Waals surface area contributed by atoms with Crippen molar-refractivity contribution in [2.75, 3.05) is 9.91 Å². The van der Waals surface area contributed by atoms with Crippen molar-refractivity contribution in [2.45, 2.75) is 6.54 Å². The number of hydrogen-bond donors (Lipinski definition) is 1. The largest absolute Gasteiger partial charge is 0.506 e. The van der Waals surface area contributed by atoms with Gasteiger partial charge in [0.25, 0.3) is 0 Å². The lowest BCUT2D eigenvalue weighted by Crippen LogP contribution is -2.40. The summed E-state index contributed by atoms with van der Waals surface area (Å²) in [7, 11) is 0. The van der Waals surface area contributed by atoms with Gasteiger partial charge >= 0.3 is 6.03 Å². The Morgan fingerprint density at radius 2 is 1.66 bits per heavy atom. The van der Waals surface area contributed by atoms with E-state index in [1.54, 1.807) is 18.2 Å². The van der Waals surface area contributed by atoms with E-state index in [1.165, 1.54) is 48.5 Å². The molecule has 0 atom stereocenters. The van der Waals surface area contributed by atoms with Crippen molar-refractivity contribution in [2.24, 2.45) is 5.29 Å². The fourth-order valence-electron chi connectivity index (χ4n) is 2.68. The third-order valence-corrected chi connectivity index (χ3v) is 4.57. The molecule has 0 spiro atoms. The third kappa shape index (κ3) is 4.64. The first kappa shape index (κ1) is 20.6. The van der Waals surface area contributed by atoms with Gasteiger partial charge in [-0.05, 0) is 48.5 Å². The molecule has 0 aliphatic carbocycles. The zero-order valence-electron chi connectivity index (χ0n) is 14.8. The molecule has 0 bridgehead atoms. The Labute approximate surface area is 175 Å². The molecular weight excluding hydrogens is 420 g/mol. The maximum absolute atomic E-state index is 13.4. The molecule has 9 heteroatoms. The topological polar surface area (TPSA) is 73.2 Å². The van der Waals surface area contributed by atoms with E-state index in [9.17, 15) is 19.2 Å². The highest BCUT2D eigenvalue weighted by atomic mass is 35.5. The first-order valence-corrected chi connectivity index (χ1v) is 9.08. The van der Waals surface area contributed by atoms with E-state index in [-0.39, 0.29) is 39.3 Å². The van der Waals surface area contributed by atoms with Crippen molar-refractivity contribution in [3.8, 4) is 5.75 Å². The van der Waals surface area contributed by atoms with E-state index in [0.717, 1.165) is 4.90 Å². The minimum absolute atomic E-state index is 0.00688. The van der Waals surface area contributed by atoms with Crippen LogP contribution >= 0.6 is 23.2 Å². The van der Waals surface area contributed by atoms with Gasteiger partial charge in [-0.3, -0.25) is 4.90 Å². The summed E-state index contributed by atoms with van der Waals surface area (Å²) in [5.74, 6) is -0.760. The summed E-state index contributed by atoms with van der Waals surface area (Å²) < 4.78 is 13.4. The van der Waals surface area contributed by atoms with Gasteiger partial charge in [0.2, 0.25) is 0 Å². The van der Waals surface area contributed by atoms with Crippen LogP contribution in [0.4, 0.5) is 20.6 Å². The molecular formula is C20H14Cl2FN3O3. The standard InChI is InChI=1S/C20H14Cl2FN3O3/c21-14-10-13(19(27)18(22)11-14)12-25(16-8-6-15(23)7-9-16)20(28)26(24-29)17-4-2-1-3-5-17/h1-11,27H,12H2. The van der Waals surface area contributed by atoms with Crippen LogP contribution in [0.3, 0.4) is 0 Å². The maximum Gasteiger partial charge on any atom is 0.352 e. The van der Waals surface area contributed by atoms with Crippen LogP contribution in [0.1, 0.15) is 5.56 Å². The second-order valence-corrected chi connectivity index (χ2v) is 6.81. The second kappa shape index (κ2) is 8.89. The Balaban J connectivity index is 2.05. The molecule has 0 aliphatic rings. The molecule has 0 aliphatic heterocycles. The van der Waals surface area contributed by atoms with Gasteiger partial charge in [-0.2, -0.15) is 0 Å². The fraction of sp³-hybridized carbons (Fsp3) is 0.0500. The van der Waals surface area contributed by atoms with E-state index < -0.39 is 11.8 Å². The summed E-state index contributed by atoms with van der Waals surface area (Å²) >= 11 is 12.0. The fourth-order valence-corrected chi connectivity index (χ4v) is 3.21. The predicted molar refractivity (Wildman–Crippen MR) is 111 cm³/mol. The van der Waals surface area contributed by atoms with Crippen LogP contribution in [0.15, 0.2) is 72.0 Å². The highest BCUT2D eigenvalue weighted by Crippen LogP contribution is 2.33. The zero-order valence-corrected chi connectivity index (χ0v) is 16.3. The Kier molecular flexibility index (Phi) is 6.31. The van der Waals surface area contributed by atoms with Gasteiger partial charge in [0.05, 0.1) is 22.5 Å². The summed E-state index contributed by atoms with van der Waals surface area (Å²) in [6.07, 6.45) is 0. The van der Waals surface area contributed by atoms with Gasteiger partial charge in [-0.15, -0.1) is 9.92 Å². The smallest absolute Gasteiger partial charge is 0.352 e. The molecule has 1 N–H and O–H groups in total. The Bertz CT molecular complexity index is 1030. The number of halogens is 3. The van der Waals surface area contributed by atoms with Crippen molar-refractivity contribution in [1.29, 1.82) is 0 Å². The summed E-state index contributed by atoms with van der Waals surface area (Å²) in [6, 6.07) is 15.1. The molecule has 6 nitrogen and oxygen atoms in total. The Morgan fingerprint density at radius 1 is 1.00 bits per heavy atom. The SMILES string of the molecule is O=NN(C(=O)N(Cc1cc(Cl)cc(Cl)c1O)c1ccc(F)cc1)c1ccccc1. The van der Waals surface area contributed by atoms with Gasteiger partial charge in [0.15, 0.2) is 0 Å². The highest BCUT2D eigenvalue weighted by Gasteiger charge is 2.26. The van der Waals surface area contributed by atoms with E-state index in [4.69, 9.17) is 23.2 Å². The van der Waals surface area contributed by atoms with Crippen LogP contribution < -0.4 is 9.91 Å². The van der Waals surface area contributed by atoms with E-state index in [1.807, 2.05) is 0 Å². The number of carbonyl (C=O) groups excluding carboxylic acids is 1. The van der Waals surface area contributed by atoms with Crippen LogP contribution in [0.2, 0.25) is 10.0 Å². The normalized spacial score (nSPS) is 10.4. The average Bonchev–Trinajstić information content (AvgIpc) is 2.71. The van der Waals surface area contributed by atoms with Gasteiger partial charge in [-0.25, -0.2) is 9.18 Å². The lowest BCUT2D eigenvalue weighted by atomic mass is 10.1.